The highest BCUT2D eigenvalue weighted by molar-refractivity contribution is 6.06. The molecule has 25 heavy (non-hydrogen) atoms. The standard InChI is InChI=1S/C18H17FN4O2/c19-12-3-4-16-13(8-12)14(9-17(24)21-16)18(25)23-7-1-2-11(10-23)15-5-6-20-22-15/h3-6,8-9,11H,1-2,7,10H2,(H,20,22)(H,21,24)/t11-/m0/s1. The van der Waals surface area contributed by atoms with Crippen molar-refractivity contribution in [3.8, 4) is 0 Å². The van der Waals surface area contributed by atoms with Gasteiger partial charge in [0.2, 0.25) is 5.56 Å². The van der Waals surface area contributed by atoms with Crippen LogP contribution in [0, 0.1) is 5.82 Å². The SMILES string of the molecule is O=C(c1cc(=O)[nH]c2ccc(F)cc12)N1CCC[C@H](c2ccn[nH]2)C1. The van der Waals surface area contributed by atoms with E-state index in [4.69, 9.17) is 0 Å². The molecule has 0 unspecified atom stereocenters. The number of carbonyl (C=O) groups is 1. The largest absolute Gasteiger partial charge is 0.338 e. The van der Waals surface area contributed by atoms with Gasteiger partial charge < -0.3 is 9.88 Å². The van der Waals surface area contributed by atoms with Gasteiger partial charge in [-0.25, -0.2) is 4.39 Å². The predicted molar refractivity (Wildman–Crippen MR) is 91.0 cm³/mol. The molecule has 3 heterocycles. The Hall–Kier alpha value is -2.96. The number of nitrogens with one attached hydrogen (secondary N) is 2. The van der Waals surface area contributed by atoms with E-state index >= 15 is 0 Å². The van der Waals surface area contributed by atoms with E-state index in [0.717, 1.165) is 18.5 Å². The lowest BCUT2D eigenvalue weighted by molar-refractivity contribution is 0.0707. The van der Waals surface area contributed by atoms with Gasteiger partial charge in [-0.15, -0.1) is 0 Å². The van der Waals surface area contributed by atoms with Crippen LogP contribution < -0.4 is 5.56 Å². The first kappa shape index (κ1) is 15.6. The summed E-state index contributed by atoms with van der Waals surface area (Å²) in [5.74, 6) is -0.501. The second-order valence-corrected chi connectivity index (χ2v) is 6.34. The van der Waals surface area contributed by atoms with Crippen LogP contribution in [0.2, 0.25) is 0 Å². The monoisotopic (exact) mass is 340 g/mol. The van der Waals surface area contributed by atoms with Crippen LogP contribution in [0.1, 0.15) is 34.8 Å². The van der Waals surface area contributed by atoms with Gasteiger partial charge in [0, 0.05) is 47.9 Å². The van der Waals surface area contributed by atoms with Gasteiger partial charge in [0.1, 0.15) is 5.82 Å². The van der Waals surface area contributed by atoms with Crippen LogP contribution in [0.5, 0.6) is 0 Å². The van der Waals surface area contributed by atoms with E-state index in [1.807, 2.05) is 6.07 Å². The second-order valence-electron chi connectivity index (χ2n) is 6.34. The summed E-state index contributed by atoms with van der Waals surface area (Å²) in [7, 11) is 0. The summed E-state index contributed by atoms with van der Waals surface area (Å²) >= 11 is 0. The van der Waals surface area contributed by atoms with Crippen LogP contribution in [-0.2, 0) is 0 Å². The van der Waals surface area contributed by atoms with Crippen LogP contribution in [-0.4, -0.2) is 39.1 Å². The molecule has 128 valence electrons. The summed E-state index contributed by atoms with van der Waals surface area (Å²) in [4.78, 5) is 29.3. The molecule has 0 radical (unpaired) electrons. The average Bonchev–Trinajstić information content (AvgIpc) is 3.16. The molecule has 0 bridgehead atoms. The third-order valence-corrected chi connectivity index (χ3v) is 4.71. The molecule has 2 N–H and O–H groups in total. The van der Waals surface area contributed by atoms with Crippen molar-refractivity contribution in [1.82, 2.24) is 20.1 Å². The van der Waals surface area contributed by atoms with Crippen molar-refractivity contribution in [3.05, 3.63) is 64.0 Å². The van der Waals surface area contributed by atoms with E-state index in [2.05, 4.69) is 15.2 Å². The number of likely N-dealkylation sites (tertiary alicyclic amines) is 1. The Balaban J connectivity index is 1.70. The minimum absolute atomic E-state index is 0.185. The van der Waals surface area contributed by atoms with Crippen molar-refractivity contribution in [2.45, 2.75) is 18.8 Å². The number of hydrogen-bond donors (Lipinski definition) is 2. The van der Waals surface area contributed by atoms with Crippen LogP contribution in [0.25, 0.3) is 10.9 Å². The summed E-state index contributed by atoms with van der Waals surface area (Å²) in [5, 5.41) is 7.36. The lowest BCUT2D eigenvalue weighted by atomic mass is 9.94. The van der Waals surface area contributed by atoms with Crippen molar-refractivity contribution in [2.24, 2.45) is 0 Å². The Morgan fingerprint density at radius 2 is 2.16 bits per heavy atom. The molecule has 0 aliphatic carbocycles. The van der Waals surface area contributed by atoms with Gasteiger partial charge in [-0.05, 0) is 37.1 Å². The van der Waals surface area contributed by atoms with Gasteiger partial charge in [0.15, 0.2) is 0 Å². The maximum absolute atomic E-state index is 13.6. The molecule has 1 aliphatic rings. The van der Waals surface area contributed by atoms with Gasteiger partial charge in [-0.1, -0.05) is 0 Å². The summed E-state index contributed by atoms with van der Waals surface area (Å²) in [6.45, 7) is 1.16. The summed E-state index contributed by atoms with van der Waals surface area (Å²) in [5.41, 5.74) is 1.33. The van der Waals surface area contributed by atoms with Gasteiger partial charge in [-0.3, -0.25) is 14.7 Å². The molecule has 2 aromatic heterocycles. The van der Waals surface area contributed by atoms with E-state index in [0.29, 0.717) is 24.0 Å². The number of hydrogen-bond acceptors (Lipinski definition) is 3. The number of amides is 1. The molecule has 3 aromatic rings. The molecule has 1 saturated heterocycles. The molecule has 7 heteroatoms. The van der Waals surface area contributed by atoms with Gasteiger partial charge >= 0.3 is 0 Å². The number of rotatable bonds is 2. The first-order valence-electron chi connectivity index (χ1n) is 8.23. The number of carbonyl (C=O) groups excluding carboxylic acids is 1. The molecule has 1 amide bonds. The lowest BCUT2D eigenvalue weighted by Gasteiger charge is -2.32. The van der Waals surface area contributed by atoms with Crippen LogP contribution in [0.15, 0.2) is 41.3 Å². The molecule has 0 spiro atoms. The fourth-order valence-corrected chi connectivity index (χ4v) is 3.48. The Bertz CT molecular complexity index is 980. The Labute approximate surface area is 142 Å². The topological polar surface area (TPSA) is 81.8 Å². The average molecular weight is 340 g/mol. The maximum Gasteiger partial charge on any atom is 0.254 e. The number of aromatic nitrogens is 3. The number of pyridine rings is 1. The normalized spacial score (nSPS) is 17.8. The highest BCUT2D eigenvalue weighted by Crippen LogP contribution is 2.27. The zero-order chi connectivity index (χ0) is 17.4. The smallest absolute Gasteiger partial charge is 0.254 e. The highest BCUT2D eigenvalue weighted by atomic mass is 19.1. The van der Waals surface area contributed by atoms with Crippen molar-refractivity contribution in [2.75, 3.05) is 13.1 Å². The predicted octanol–water partition coefficient (Wildman–Crippen LogP) is 2.41. The van der Waals surface area contributed by atoms with E-state index in [1.165, 1.54) is 24.3 Å². The number of nitrogens with zero attached hydrogens (tertiary/aromatic N) is 2. The molecule has 1 fully saturated rings. The van der Waals surface area contributed by atoms with Crippen LogP contribution >= 0.6 is 0 Å². The van der Waals surface area contributed by atoms with Gasteiger partial charge in [0.05, 0.1) is 5.56 Å². The van der Waals surface area contributed by atoms with Crippen molar-refractivity contribution >= 4 is 16.8 Å². The number of halogens is 1. The number of benzene rings is 1. The zero-order valence-corrected chi connectivity index (χ0v) is 13.5. The first-order valence-corrected chi connectivity index (χ1v) is 8.23. The highest BCUT2D eigenvalue weighted by Gasteiger charge is 2.27. The van der Waals surface area contributed by atoms with E-state index in [-0.39, 0.29) is 22.9 Å². The zero-order valence-electron chi connectivity index (χ0n) is 13.5. The number of aromatic amines is 2. The maximum atomic E-state index is 13.6. The third-order valence-electron chi connectivity index (χ3n) is 4.71. The fourth-order valence-electron chi connectivity index (χ4n) is 3.48. The van der Waals surface area contributed by atoms with Gasteiger partial charge in [0.25, 0.3) is 5.91 Å². The van der Waals surface area contributed by atoms with Crippen LogP contribution in [0.4, 0.5) is 4.39 Å². The van der Waals surface area contributed by atoms with E-state index in [9.17, 15) is 14.0 Å². The Morgan fingerprint density at radius 3 is 2.96 bits per heavy atom. The molecule has 0 saturated carbocycles. The molecule has 1 aliphatic heterocycles. The Kier molecular flexibility index (Phi) is 3.83. The van der Waals surface area contributed by atoms with Crippen molar-refractivity contribution in [1.29, 1.82) is 0 Å². The van der Waals surface area contributed by atoms with Crippen molar-refractivity contribution in [3.63, 3.8) is 0 Å². The third kappa shape index (κ3) is 2.93. The summed E-state index contributed by atoms with van der Waals surface area (Å²) in [6.07, 6.45) is 3.53. The molecule has 4 rings (SSSR count). The molecule has 1 aromatic carbocycles. The number of piperidine rings is 1. The minimum Gasteiger partial charge on any atom is -0.338 e. The molecular weight excluding hydrogens is 323 g/mol. The second kappa shape index (κ2) is 6.16. The Morgan fingerprint density at radius 1 is 1.28 bits per heavy atom. The summed E-state index contributed by atoms with van der Waals surface area (Å²) in [6, 6.07) is 7.20. The van der Waals surface area contributed by atoms with E-state index < -0.39 is 5.82 Å². The fraction of sp³-hybridized carbons (Fsp3) is 0.278. The number of fused-ring (bicyclic) bond motifs is 1. The molecular formula is C18H17FN4O2. The quantitative estimate of drug-likeness (QED) is 0.752. The first-order chi connectivity index (χ1) is 12.1. The van der Waals surface area contributed by atoms with Crippen molar-refractivity contribution < 1.29 is 9.18 Å². The molecule has 1 atom stereocenters. The lowest BCUT2D eigenvalue weighted by Crippen LogP contribution is -2.39. The summed E-state index contributed by atoms with van der Waals surface area (Å²) < 4.78 is 13.6. The number of H-pyrrole nitrogens is 2. The van der Waals surface area contributed by atoms with E-state index in [1.54, 1.807) is 11.1 Å². The molecule has 6 nitrogen and oxygen atoms in total. The minimum atomic E-state index is -0.442. The van der Waals surface area contributed by atoms with Crippen LogP contribution in [0.3, 0.4) is 0 Å². The van der Waals surface area contributed by atoms with Gasteiger partial charge in [-0.2, -0.15) is 5.10 Å².